The predicted octanol–water partition coefficient (Wildman–Crippen LogP) is 3.04. The number of tetrazole rings is 1. The monoisotopic (exact) mass is 391 g/mol. The normalized spacial score (nSPS) is 16.8. The average Bonchev–Trinajstić information content (AvgIpc) is 3.21. The van der Waals surface area contributed by atoms with E-state index in [9.17, 15) is 0 Å². The summed E-state index contributed by atoms with van der Waals surface area (Å²) in [7, 11) is 0. The van der Waals surface area contributed by atoms with Gasteiger partial charge in [0.25, 0.3) is 0 Å². The lowest BCUT2D eigenvalue weighted by Crippen LogP contribution is -2.49. The molecule has 4 rings (SSSR count). The van der Waals surface area contributed by atoms with E-state index in [2.05, 4.69) is 88.3 Å². The first-order valence-corrected chi connectivity index (χ1v) is 10.2. The third kappa shape index (κ3) is 4.15. The Kier molecular flexibility index (Phi) is 5.32. The van der Waals surface area contributed by atoms with Gasteiger partial charge in [0.15, 0.2) is 5.82 Å². The van der Waals surface area contributed by atoms with Crippen LogP contribution in [0.1, 0.15) is 43.8 Å². The van der Waals surface area contributed by atoms with Gasteiger partial charge in [0.2, 0.25) is 0 Å². The highest BCUT2D eigenvalue weighted by atomic mass is 15.6. The molecule has 1 unspecified atom stereocenters. The molecule has 2 aromatic heterocycles. The molecule has 1 aliphatic heterocycles. The molecule has 3 heterocycles. The number of hydrogen-bond acceptors (Lipinski definition) is 6. The third-order valence-corrected chi connectivity index (χ3v) is 5.42. The van der Waals surface area contributed by atoms with Crippen molar-refractivity contribution in [3.8, 4) is 0 Å². The van der Waals surface area contributed by atoms with Crippen LogP contribution < -0.4 is 4.90 Å². The molecule has 1 aliphatic rings. The Labute approximate surface area is 172 Å². The predicted molar refractivity (Wildman–Crippen MR) is 114 cm³/mol. The second-order valence-electron chi connectivity index (χ2n) is 8.64. The molecule has 7 heteroatoms. The Hall–Kier alpha value is -2.80. The number of aromatic nitrogens is 5. The smallest absolute Gasteiger partial charge is 0.173 e. The molecule has 1 aromatic carbocycles. The zero-order valence-electron chi connectivity index (χ0n) is 17.7. The maximum Gasteiger partial charge on any atom is 0.173 e. The highest BCUT2D eigenvalue weighted by Crippen LogP contribution is 2.31. The Morgan fingerprint density at radius 1 is 0.931 bits per heavy atom. The lowest BCUT2D eigenvalue weighted by atomic mass is 10.0. The molecule has 7 nitrogen and oxygen atoms in total. The fourth-order valence-corrected chi connectivity index (χ4v) is 3.86. The van der Waals surface area contributed by atoms with E-state index in [4.69, 9.17) is 0 Å². The van der Waals surface area contributed by atoms with Crippen LogP contribution in [0.25, 0.3) is 0 Å². The van der Waals surface area contributed by atoms with E-state index in [0.29, 0.717) is 0 Å². The summed E-state index contributed by atoms with van der Waals surface area (Å²) in [5, 5.41) is 12.8. The van der Waals surface area contributed by atoms with Crippen molar-refractivity contribution >= 4 is 5.82 Å². The number of aryl methyl sites for hydroxylation is 1. The Balaban J connectivity index is 1.64. The summed E-state index contributed by atoms with van der Waals surface area (Å²) in [6, 6.07) is 14.8. The zero-order valence-corrected chi connectivity index (χ0v) is 17.7. The second-order valence-corrected chi connectivity index (χ2v) is 8.64. The SMILES string of the molecule is Cc1ccc(C(c2nnnn2C(C)(C)C)N2CCN(c3ccccn3)CC2)cc1. The van der Waals surface area contributed by atoms with E-state index in [1.807, 2.05) is 23.0 Å². The van der Waals surface area contributed by atoms with Gasteiger partial charge in [-0.15, -0.1) is 5.10 Å². The van der Waals surface area contributed by atoms with Crippen LogP contribution in [0.5, 0.6) is 0 Å². The van der Waals surface area contributed by atoms with Crippen molar-refractivity contribution < 1.29 is 0 Å². The summed E-state index contributed by atoms with van der Waals surface area (Å²) in [4.78, 5) is 9.33. The van der Waals surface area contributed by atoms with Gasteiger partial charge in [-0.05, 0) is 55.8 Å². The van der Waals surface area contributed by atoms with Crippen LogP contribution in [0.3, 0.4) is 0 Å². The molecule has 0 radical (unpaired) electrons. The lowest BCUT2D eigenvalue weighted by Gasteiger charge is -2.40. The molecule has 0 spiro atoms. The van der Waals surface area contributed by atoms with Gasteiger partial charge in [-0.25, -0.2) is 9.67 Å². The highest BCUT2D eigenvalue weighted by Gasteiger charge is 2.33. The topological polar surface area (TPSA) is 63.0 Å². The number of benzene rings is 1. The molecule has 0 amide bonds. The molecule has 0 aliphatic carbocycles. The fraction of sp³-hybridized carbons (Fsp3) is 0.455. The quantitative estimate of drug-likeness (QED) is 0.681. The molecule has 3 aromatic rings. The number of rotatable bonds is 4. The van der Waals surface area contributed by atoms with Crippen LogP contribution in [0.15, 0.2) is 48.7 Å². The van der Waals surface area contributed by atoms with Gasteiger partial charge < -0.3 is 4.90 Å². The summed E-state index contributed by atoms with van der Waals surface area (Å²) >= 11 is 0. The number of nitrogens with zero attached hydrogens (tertiary/aromatic N) is 7. The van der Waals surface area contributed by atoms with Crippen LogP contribution in [-0.2, 0) is 5.54 Å². The van der Waals surface area contributed by atoms with Crippen molar-refractivity contribution in [3.63, 3.8) is 0 Å². The minimum atomic E-state index is -0.183. The van der Waals surface area contributed by atoms with Gasteiger partial charge >= 0.3 is 0 Å². The lowest BCUT2D eigenvalue weighted by molar-refractivity contribution is 0.191. The summed E-state index contributed by atoms with van der Waals surface area (Å²) < 4.78 is 1.96. The summed E-state index contributed by atoms with van der Waals surface area (Å²) in [5.41, 5.74) is 2.29. The van der Waals surface area contributed by atoms with Gasteiger partial charge in [0.05, 0.1) is 11.6 Å². The molecule has 29 heavy (non-hydrogen) atoms. The van der Waals surface area contributed by atoms with E-state index in [1.165, 1.54) is 11.1 Å². The molecular formula is C22H29N7. The maximum atomic E-state index is 4.51. The number of piperazine rings is 1. The van der Waals surface area contributed by atoms with E-state index >= 15 is 0 Å². The van der Waals surface area contributed by atoms with Crippen molar-refractivity contribution in [3.05, 3.63) is 65.6 Å². The zero-order chi connectivity index (χ0) is 20.4. The van der Waals surface area contributed by atoms with Crippen molar-refractivity contribution in [2.75, 3.05) is 31.1 Å². The first-order valence-electron chi connectivity index (χ1n) is 10.2. The van der Waals surface area contributed by atoms with Crippen molar-refractivity contribution in [1.29, 1.82) is 0 Å². The molecule has 1 atom stereocenters. The van der Waals surface area contributed by atoms with E-state index < -0.39 is 0 Å². The largest absolute Gasteiger partial charge is 0.354 e. The van der Waals surface area contributed by atoms with Gasteiger partial charge in [-0.3, -0.25) is 4.90 Å². The maximum absolute atomic E-state index is 4.51. The van der Waals surface area contributed by atoms with Crippen molar-refractivity contribution in [1.82, 2.24) is 30.1 Å². The molecular weight excluding hydrogens is 362 g/mol. The van der Waals surface area contributed by atoms with Crippen molar-refractivity contribution in [2.45, 2.75) is 39.3 Å². The minimum absolute atomic E-state index is 0.0238. The van der Waals surface area contributed by atoms with E-state index in [0.717, 1.165) is 37.8 Å². The molecule has 0 N–H and O–H groups in total. The third-order valence-electron chi connectivity index (χ3n) is 5.42. The van der Waals surface area contributed by atoms with E-state index in [1.54, 1.807) is 0 Å². The fourth-order valence-electron chi connectivity index (χ4n) is 3.86. The number of anilines is 1. The Bertz CT molecular complexity index is 920. The number of hydrogen-bond donors (Lipinski definition) is 0. The molecule has 152 valence electrons. The number of pyridine rings is 1. The van der Waals surface area contributed by atoms with Crippen LogP contribution in [-0.4, -0.2) is 56.3 Å². The first-order chi connectivity index (χ1) is 13.9. The van der Waals surface area contributed by atoms with Crippen molar-refractivity contribution in [2.24, 2.45) is 0 Å². The minimum Gasteiger partial charge on any atom is -0.354 e. The molecule has 1 saturated heterocycles. The molecule has 0 saturated carbocycles. The summed E-state index contributed by atoms with van der Waals surface area (Å²) in [5.74, 6) is 1.94. The summed E-state index contributed by atoms with van der Waals surface area (Å²) in [6.45, 7) is 12.2. The van der Waals surface area contributed by atoms with Gasteiger partial charge in [0.1, 0.15) is 5.82 Å². The Morgan fingerprint density at radius 3 is 2.28 bits per heavy atom. The molecule has 1 fully saturated rings. The van der Waals surface area contributed by atoms with Gasteiger partial charge in [0, 0.05) is 32.4 Å². The van der Waals surface area contributed by atoms with Crippen LogP contribution in [0.4, 0.5) is 5.82 Å². The van der Waals surface area contributed by atoms with E-state index in [-0.39, 0.29) is 11.6 Å². The summed E-state index contributed by atoms with van der Waals surface area (Å²) in [6.07, 6.45) is 1.86. The average molecular weight is 392 g/mol. The second kappa shape index (κ2) is 7.91. The van der Waals surface area contributed by atoms with Crippen LogP contribution in [0, 0.1) is 6.92 Å². The standard InChI is InChI=1S/C22H29N7/c1-17-8-10-18(11-9-17)20(21-24-25-26-29(21)22(2,3)4)28-15-13-27(14-16-28)19-7-5-6-12-23-19/h5-12,20H,13-16H2,1-4H3. The first kappa shape index (κ1) is 19.5. The Morgan fingerprint density at radius 2 is 1.66 bits per heavy atom. The van der Waals surface area contributed by atoms with Gasteiger partial charge in [-0.1, -0.05) is 35.9 Å². The van der Waals surface area contributed by atoms with Crippen LogP contribution >= 0.6 is 0 Å². The van der Waals surface area contributed by atoms with Gasteiger partial charge in [-0.2, -0.15) is 0 Å². The van der Waals surface area contributed by atoms with Crippen LogP contribution in [0.2, 0.25) is 0 Å². The molecule has 0 bridgehead atoms. The highest BCUT2D eigenvalue weighted by molar-refractivity contribution is 5.38.